The standard InChI is InChI=1S/C14H26N6O/c1-10-12(11(2)20(6)18-10)9-17-14(15-3)16-8-7-13(21)19(4)5/h7-9H2,1-6H3,(H2,15,16,17). The summed E-state index contributed by atoms with van der Waals surface area (Å²) < 4.78 is 1.87. The number of guanidine groups is 1. The Kier molecular flexibility index (Phi) is 6.20. The van der Waals surface area contributed by atoms with Crippen molar-refractivity contribution in [2.24, 2.45) is 12.0 Å². The molecule has 0 radical (unpaired) electrons. The number of carbonyl (C=O) groups is 1. The maximum Gasteiger partial charge on any atom is 0.223 e. The van der Waals surface area contributed by atoms with Crippen molar-refractivity contribution in [3.8, 4) is 0 Å². The fourth-order valence-corrected chi connectivity index (χ4v) is 1.98. The number of carbonyl (C=O) groups excluding carboxylic acids is 1. The van der Waals surface area contributed by atoms with Crippen molar-refractivity contribution in [3.63, 3.8) is 0 Å². The highest BCUT2D eigenvalue weighted by Crippen LogP contribution is 2.10. The van der Waals surface area contributed by atoms with E-state index in [2.05, 4.69) is 20.7 Å². The van der Waals surface area contributed by atoms with Gasteiger partial charge in [-0.05, 0) is 13.8 Å². The molecule has 0 spiro atoms. The third kappa shape index (κ3) is 4.77. The van der Waals surface area contributed by atoms with Gasteiger partial charge in [-0.15, -0.1) is 0 Å². The van der Waals surface area contributed by atoms with E-state index in [0.717, 1.165) is 11.4 Å². The molecule has 0 unspecified atom stereocenters. The number of rotatable bonds is 5. The average molecular weight is 294 g/mol. The van der Waals surface area contributed by atoms with Crippen LogP contribution in [-0.2, 0) is 18.4 Å². The van der Waals surface area contributed by atoms with Crippen molar-refractivity contribution in [1.29, 1.82) is 0 Å². The molecule has 0 saturated carbocycles. The molecule has 0 aromatic carbocycles. The van der Waals surface area contributed by atoms with Crippen molar-refractivity contribution in [1.82, 2.24) is 25.3 Å². The molecule has 1 aromatic heterocycles. The highest BCUT2D eigenvalue weighted by Gasteiger charge is 2.10. The van der Waals surface area contributed by atoms with E-state index < -0.39 is 0 Å². The summed E-state index contributed by atoms with van der Waals surface area (Å²) in [5.74, 6) is 0.779. The Morgan fingerprint density at radius 3 is 2.48 bits per heavy atom. The topological polar surface area (TPSA) is 74.6 Å². The van der Waals surface area contributed by atoms with Gasteiger partial charge in [0.2, 0.25) is 5.91 Å². The molecule has 0 fully saturated rings. The van der Waals surface area contributed by atoms with Gasteiger partial charge in [-0.3, -0.25) is 14.5 Å². The molecule has 7 heteroatoms. The van der Waals surface area contributed by atoms with E-state index in [1.54, 1.807) is 26.0 Å². The molecule has 7 nitrogen and oxygen atoms in total. The monoisotopic (exact) mass is 294 g/mol. The van der Waals surface area contributed by atoms with Crippen LogP contribution in [0.2, 0.25) is 0 Å². The van der Waals surface area contributed by atoms with Gasteiger partial charge in [0.1, 0.15) is 0 Å². The predicted molar refractivity (Wildman–Crippen MR) is 84.2 cm³/mol. The molecule has 1 amide bonds. The van der Waals surface area contributed by atoms with Crippen molar-refractivity contribution < 1.29 is 4.79 Å². The van der Waals surface area contributed by atoms with Crippen molar-refractivity contribution in [2.45, 2.75) is 26.8 Å². The maximum atomic E-state index is 11.5. The lowest BCUT2D eigenvalue weighted by molar-refractivity contribution is -0.128. The van der Waals surface area contributed by atoms with E-state index in [0.29, 0.717) is 25.5 Å². The van der Waals surface area contributed by atoms with E-state index in [4.69, 9.17) is 0 Å². The third-order valence-electron chi connectivity index (χ3n) is 3.45. The zero-order chi connectivity index (χ0) is 16.0. The summed E-state index contributed by atoms with van der Waals surface area (Å²) in [5, 5.41) is 10.8. The number of nitrogens with zero attached hydrogens (tertiary/aromatic N) is 4. The number of nitrogens with one attached hydrogen (secondary N) is 2. The minimum absolute atomic E-state index is 0.0944. The van der Waals surface area contributed by atoms with Gasteiger partial charge in [-0.25, -0.2) is 0 Å². The SMILES string of the molecule is CN=C(NCCC(=O)N(C)C)NCc1c(C)nn(C)c1C. The number of hydrogen-bond donors (Lipinski definition) is 2. The molecule has 0 aliphatic rings. The summed E-state index contributed by atoms with van der Waals surface area (Å²) in [4.78, 5) is 17.2. The summed E-state index contributed by atoms with van der Waals surface area (Å²) in [5.41, 5.74) is 3.32. The number of amides is 1. The Labute approximate surface area is 126 Å². The van der Waals surface area contributed by atoms with Crippen LogP contribution in [0.5, 0.6) is 0 Å². The molecule has 2 N–H and O–H groups in total. The largest absolute Gasteiger partial charge is 0.356 e. The molecule has 1 heterocycles. The van der Waals surface area contributed by atoms with E-state index in [-0.39, 0.29) is 5.91 Å². The van der Waals surface area contributed by atoms with E-state index in [1.165, 1.54) is 5.56 Å². The van der Waals surface area contributed by atoms with Crippen LogP contribution in [0.3, 0.4) is 0 Å². The second-order valence-electron chi connectivity index (χ2n) is 5.16. The first-order chi connectivity index (χ1) is 9.86. The van der Waals surface area contributed by atoms with Crippen LogP contribution in [0.25, 0.3) is 0 Å². The number of hydrogen-bond acceptors (Lipinski definition) is 3. The first kappa shape index (κ1) is 17.0. The van der Waals surface area contributed by atoms with Crippen LogP contribution in [0.1, 0.15) is 23.4 Å². The number of aromatic nitrogens is 2. The fourth-order valence-electron chi connectivity index (χ4n) is 1.98. The smallest absolute Gasteiger partial charge is 0.223 e. The van der Waals surface area contributed by atoms with E-state index >= 15 is 0 Å². The molecule has 0 aliphatic carbocycles. The Hall–Kier alpha value is -2.05. The van der Waals surface area contributed by atoms with Gasteiger partial charge >= 0.3 is 0 Å². The van der Waals surface area contributed by atoms with Gasteiger partial charge in [0.05, 0.1) is 5.69 Å². The lowest BCUT2D eigenvalue weighted by Gasteiger charge is -2.13. The third-order valence-corrected chi connectivity index (χ3v) is 3.45. The minimum Gasteiger partial charge on any atom is -0.356 e. The average Bonchev–Trinajstić information content (AvgIpc) is 2.67. The van der Waals surface area contributed by atoms with Crippen LogP contribution >= 0.6 is 0 Å². The summed E-state index contributed by atoms with van der Waals surface area (Å²) in [6.07, 6.45) is 0.443. The first-order valence-corrected chi connectivity index (χ1v) is 7.00. The molecule has 21 heavy (non-hydrogen) atoms. The van der Waals surface area contributed by atoms with E-state index in [9.17, 15) is 4.79 Å². The zero-order valence-corrected chi connectivity index (χ0v) is 13.8. The number of aryl methyl sites for hydroxylation is 2. The van der Waals surface area contributed by atoms with Gasteiger partial charge in [0.25, 0.3) is 0 Å². The molecular weight excluding hydrogens is 268 g/mol. The highest BCUT2D eigenvalue weighted by atomic mass is 16.2. The molecule has 0 saturated heterocycles. The Bertz CT molecular complexity index is 518. The summed E-state index contributed by atoms with van der Waals surface area (Å²) >= 11 is 0. The lowest BCUT2D eigenvalue weighted by Crippen LogP contribution is -2.39. The molecule has 0 atom stereocenters. The van der Waals surface area contributed by atoms with Gasteiger partial charge in [0.15, 0.2) is 5.96 Å². The molecular formula is C14H26N6O. The lowest BCUT2D eigenvalue weighted by atomic mass is 10.2. The molecule has 0 bridgehead atoms. The molecule has 118 valence electrons. The fraction of sp³-hybridized carbons (Fsp3) is 0.643. The second-order valence-corrected chi connectivity index (χ2v) is 5.16. The van der Waals surface area contributed by atoms with Gasteiger partial charge < -0.3 is 15.5 Å². The second kappa shape index (κ2) is 7.66. The minimum atomic E-state index is 0.0944. The van der Waals surface area contributed by atoms with Gasteiger partial charge in [0, 0.05) is 59.0 Å². The molecule has 1 rings (SSSR count). The van der Waals surface area contributed by atoms with Crippen LogP contribution in [-0.4, -0.2) is 54.2 Å². The quantitative estimate of drug-likeness (QED) is 0.600. The van der Waals surface area contributed by atoms with Crippen LogP contribution < -0.4 is 10.6 Å². The highest BCUT2D eigenvalue weighted by molar-refractivity contribution is 5.81. The van der Waals surface area contributed by atoms with Crippen molar-refractivity contribution in [3.05, 3.63) is 17.0 Å². The van der Waals surface area contributed by atoms with Gasteiger partial charge in [-0.2, -0.15) is 5.10 Å². The summed E-state index contributed by atoms with van der Waals surface area (Å²) in [6.45, 7) is 5.26. The van der Waals surface area contributed by atoms with Crippen LogP contribution in [0.15, 0.2) is 4.99 Å². The molecule has 1 aromatic rings. The number of aliphatic imine (C=N–C) groups is 1. The zero-order valence-electron chi connectivity index (χ0n) is 13.8. The van der Waals surface area contributed by atoms with Crippen molar-refractivity contribution in [2.75, 3.05) is 27.7 Å². The van der Waals surface area contributed by atoms with E-state index in [1.807, 2.05) is 25.6 Å². The summed E-state index contributed by atoms with van der Waals surface area (Å²) in [7, 11) is 7.16. The Balaban J connectivity index is 2.47. The van der Waals surface area contributed by atoms with Crippen LogP contribution in [0.4, 0.5) is 0 Å². The normalized spacial score (nSPS) is 11.4. The van der Waals surface area contributed by atoms with Gasteiger partial charge in [-0.1, -0.05) is 0 Å². The Morgan fingerprint density at radius 1 is 1.33 bits per heavy atom. The van der Waals surface area contributed by atoms with Crippen molar-refractivity contribution >= 4 is 11.9 Å². The molecule has 0 aliphatic heterocycles. The first-order valence-electron chi connectivity index (χ1n) is 7.00. The van der Waals surface area contributed by atoms with Crippen LogP contribution in [0, 0.1) is 13.8 Å². The predicted octanol–water partition coefficient (Wildman–Crippen LogP) is 0.180. The maximum absolute atomic E-state index is 11.5. The summed E-state index contributed by atoms with van der Waals surface area (Å²) in [6, 6.07) is 0. The Morgan fingerprint density at radius 2 is 2.00 bits per heavy atom.